The second kappa shape index (κ2) is 14.6. The van der Waals surface area contributed by atoms with Gasteiger partial charge in [0, 0.05) is 28.6 Å². The molecule has 1 aromatic heterocycles. The summed E-state index contributed by atoms with van der Waals surface area (Å²) >= 11 is 0. The zero-order chi connectivity index (χ0) is 40.8. The molecule has 11 N–H and O–H groups in total. The summed E-state index contributed by atoms with van der Waals surface area (Å²) in [4.78, 5) is 20.8. The summed E-state index contributed by atoms with van der Waals surface area (Å²) in [5, 5.41) is 68.2. The van der Waals surface area contributed by atoms with Crippen molar-refractivity contribution in [3.05, 3.63) is 74.7 Å². The number of allylic oxidation sites excluding steroid dienone is 1. The normalized spacial score (nSPS) is 32.6. The van der Waals surface area contributed by atoms with Gasteiger partial charge in [-0.05, 0) is 88.5 Å². The highest BCUT2D eigenvalue weighted by Crippen LogP contribution is 2.66. The van der Waals surface area contributed by atoms with Gasteiger partial charge in [-0.1, -0.05) is 52.6 Å². The third kappa shape index (κ3) is 5.84. The minimum atomic E-state index is -2.07. The maximum atomic E-state index is 16.0. The van der Waals surface area contributed by atoms with Crippen molar-refractivity contribution in [3.63, 3.8) is 0 Å². The number of anilines is 1. The zero-order valence-corrected chi connectivity index (χ0v) is 34.0. The fraction of sp³-hybridized carbons (Fsp3) is 0.571. The molecular formula is C42H52N4O10S2. The van der Waals surface area contributed by atoms with Gasteiger partial charge in [-0.15, -0.1) is 0 Å². The number of nitrogens with two attached hydrogens (primary N) is 2. The predicted octanol–water partition coefficient (Wildman–Crippen LogP) is 4.90. The van der Waals surface area contributed by atoms with Gasteiger partial charge in [-0.2, -0.15) is 0 Å². The van der Waals surface area contributed by atoms with E-state index in [1.165, 1.54) is 10.8 Å². The molecule has 3 heterocycles. The monoisotopic (exact) mass is 836 g/mol. The van der Waals surface area contributed by atoms with E-state index in [0.717, 1.165) is 36.5 Å². The van der Waals surface area contributed by atoms with Crippen LogP contribution in [0.3, 0.4) is 0 Å². The third-order valence-corrected chi connectivity index (χ3v) is 16.8. The van der Waals surface area contributed by atoms with Gasteiger partial charge in [0.15, 0.2) is 12.2 Å². The Labute approximate surface area is 343 Å². The van der Waals surface area contributed by atoms with Gasteiger partial charge in [0.05, 0.1) is 40.4 Å². The quantitative estimate of drug-likeness (QED) is 0.0384. The van der Waals surface area contributed by atoms with E-state index >= 15 is 4.79 Å². The first-order valence-corrected chi connectivity index (χ1v) is 22.7. The van der Waals surface area contributed by atoms with E-state index in [2.05, 4.69) is 5.48 Å². The second-order valence-corrected chi connectivity index (χ2v) is 19.8. The summed E-state index contributed by atoms with van der Waals surface area (Å²) in [7, 11) is 2.32. The summed E-state index contributed by atoms with van der Waals surface area (Å²) < 4.78 is 21.0. The number of nitrogens with zero attached hydrogens (tertiary/aromatic N) is 1. The van der Waals surface area contributed by atoms with E-state index in [1.807, 2.05) is 0 Å². The number of benzene rings is 2. The molecule has 1 spiro atoms. The molecule has 14 nitrogen and oxygen atoms in total. The van der Waals surface area contributed by atoms with E-state index < -0.39 is 57.8 Å². The Morgan fingerprint density at radius 3 is 2.40 bits per heavy atom. The Balaban J connectivity index is 1.44. The van der Waals surface area contributed by atoms with Gasteiger partial charge in [-0.25, -0.2) is 4.99 Å². The number of rotatable bonds is 7. The van der Waals surface area contributed by atoms with Crippen LogP contribution in [-0.2, 0) is 5.60 Å². The van der Waals surface area contributed by atoms with E-state index in [-0.39, 0.29) is 57.3 Å². The Kier molecular flexibility index (Phi) is 10.1. The van der Waals surface area contributed by atoms with E-state index in [1.54, 1.807) is 43.3 Å². The number of aliphatic imine (C=N–C) groups is 1. The highest BCUT2D eigenvalue weighted by atomic mass is 33.1. The van der Waals surface area contributed by atoms with Crippen LogP contribution >= 0.6 is 21.6 Å². The first-order valence-electron chi connectivity index (χ1n) is 20.3. The average Bonchev–Trinajstić information content (AvgIpc) is 3.99. The summed E-state index contributed by atoms with van der Waals surface area (Å²) in [5.41, 5.74) is 9.89. The minimum absolute atomic E-state index is 0.00113. The maximum Gasteiger partial charge on any atom is 0.201 e. The molecule has 3 aromatic rings. The number of ether oxygens (including phenoxy) is 2. The first kappa shape index (κ1) is 40.0. The molecule has 6 aliphatic rings. The number of guanidine groups is 1. The molecule has 2 aromatic carbocycles. The highest BCUT2D eigenvalue weighted by molar-refractivity contribution is 8.76. The van der Waals surface area contributed by atoms with Crippen LogP contribution in [0, 0.1) is 5.41 Å². The molecule has 0 radical (unpaired) electrons. The smallest absolute Gasteiger partial charge is 0.201 e. The largest absolute Gasteiger partial charge is 0.489 e. The number of fused-ring (bicyclic) bond motifs is 5. The van der Waals surface area contributed by atoms with Crippen LogP contribution in [-0.4, -0.2) is 78.7 Å². The lowest BCUT2D eigenvalue weighted by Crippen LogP contribution is -2.62. The zero-order valence-electron chi connectivity index (χ0n) is 32.4. The van der Waals surface area contributed by atoms with Crippen LogP contribution in [0.25, 0.3) is 11.0 Å². The van der Waals surface area contributed by atoms with Gasteiger partial charge in [0.1, 0.15) is 45.5 Å². The van der Waals surface area contributed by atoms with Crippen molar-refractivity contribution >= 4 is 44.2 Å². The lowest BCUT2D eigenvalue weighted by atomic mass is 9.56. The topological polar surface area (TPSA) is 246 Å². The summed E-state index contributed by atoms with van der Waals surface area (Å²) in [5.74, 6) is -0.877. The lowest BCUT2D eigenvalue weighted by molar-refractivity contribution is -0.114. The van der Waals surface area contributed by atoms with Crippen molar-refractivity contribution in [2.75, 3.05) is 17.8 Å². The molecule has 0 saturated heterocycles. The SMILES string of the molecule is C[C@@]1(O)CCC[C@H]2c3c(c4c5oc6c(c(=O)c5c3OC3CCCC3)[C@@H](c3ccc(NO)cc3)C=C[C@]6(O)C3(CCCC3)[C@@](CO)(N=C(N)N)CSS[C@@H]4C(O)O)O[C@@H]21. The van der Waals surface area contributed by atoms with E-state index in [9.17, 15) is 30.7 Å². The Hall–Kier alpha value is -3.48. The Morgan fingerprint density at radius 1 is 1.02 bits per heavy atom. The van der Waals surface area contributed by atoms with Crippen molar-refractivity contribution in [3.8, 4) is 11.5 Å². The molecular weight excluding hydrogens is 785 g/mol. The number of aliphatic hydroxyl groups excluding tert-OH is 2. The summed E-state index contributed by atoms with van der Waals surface area (Å²) in [6.07, 6.45) is 7.83. The predicted molar refractivity (Wildman–Crippen MR) is 221 cm³/mol. The first-order chi connectivity index (χ1) is 27.8. The fourth-order valence-corrected chi connectivity index (χ4v) is 14.3. The fourth-order valence-electron chi connectivity index (χ4n) is 11.3. The maximum absolute atomic E-state index is 16.0. The molecule has 312 valence electrons. The van der Waals surface area contributed by atoms with Crippen LogP contribution in [0.5, 0.6) is 11.5 Å². The molecule has 4 aliphatic carbocycles. The molecule has 0 amide bonds. The molecule has 0 unspecified atom stereocenters. The van der Waals surface area contributed by atoms with E-state index in [0.29, 0.717) is 67.5 Å². The van der Waals surface area contributed by atoms with Crippen LogP contribution < -0.4 is 31.8 Å². The Bertz CT molecular complexity index is 2210. The van der Waals surface area contributed by atoms with Crippen molar-refractivity contribution in [1.29, 1.82) is 0 Å². The number of hydrogen-bond acceptors (Lipinski definition) is 14. The third-order valence-electron chi connectivity index (χ3n) is 14.0. The van der Waals surface area contributed by atoms with Gasteiger partial charge in [-0.3, -0.25) is 15.5 Å². The molecule has 2 aliphatic heterocycles. The molecule has 3 saturated carbocycles. The summed E-state index contributed by atoms with van der Waals surface area (Å²) in [6, 6.07) is 6.91. The van der Waals surface area contributed by atoms with Crippen LogP contribution in [0.15, 0.2) is 50.6 Å². The van der Waals surface area contributed by atoms with Crippen LogP contribution in [0.4, 0.5) is 5.69 Å². The van der Waals surface area contributed by atoms with Gasteiger partial charge in [0.2, 0.25) is 5.43 Å². The molecule has 58 heavy (non-hydrogen) atoms. The van der Waals surface area contributed by atoms with Gasteiger partial charge >= 0.3 is 0 Å². The van der Waals surface area contributed by atoms with Crippen LogP contribution in [0.1, 0.15) is 123 Å². The molecule has 9 rings (SSSR count). The van der Waals surface area contributed by atoms with Gasteiger partial charge in [0.25, 0.3) is 0 Å². The van der Waals surface area contributed by atoms with Crippen molar-refractivity contribution < 1.29 is 44.6 Å². The summed E-state index contributed by atoms with van der Waals surface area (Å²) in [6.45, 7) is 1.17. The number of hydrogen-bond donors (Lipinski definition) is 9. The lowest BCUT2D eigenvalue weighted by Gasteiger charge is -2.54. The van der Waals surface area contributed by atoms with Crippen molar-refractivity contribution in [2.45, 2.75) is 130 Å². The van der Waals surface area contributed by atoms with Crippen molar-refractivity contribution in [1.82, 2.24) is 0 Å². The molecule has 3 fully saturated rings. The van der Waals surface area contributed by atoms with Crippen LogP contribution in [0.2, 0.25) is 0 Å². The molecule has 2 bridgehead atoms. The van der Waals surface area contributed by atoms with Crippen molar-refractivity contribution in [2.24, 2.45) is 21.9 Å². The number of nitrogens with one attached hydrogen (secondary N) is 1. The average molecular weight is 837 g/mol. The standard InChI is InChI=1S/C42H52N4O10S2/c1-39(51)15-6-9-25-27-31(54-23-7-2-3-8-23)28-30(48)26-24(21-10-12-22(46-53)13-11-21)14-18-42(52)36(26)56-33(28)29(32(27)55-35(25)39)34(37(49)50)58-57-20-41(19-47,45-38(43)44)40(42)16-4-5-17-40/h10-14,18,23-25,34-35,37,46-47,49-53H,2-9,15-17,19-20H2,1H3,(H4,43,44,45)/t24-,25+,34+,35+,39-,41+,42-/m1/s1. The second-order valence-electron chi connectivity index (χ2n) is 17.3. The van der Waals surface area contributed by atoms with Gasteiger partial charge < -0.3 is 50.9 Å². The van der Waals surface area contributed by atoms with E-state index in [4.69, 9.17) is 30.4 Å². The molecule has 16 heteroatoms. The minimum Gasteiger partial charge on any atom is -0.489 e. The highest BCUT2D eigenvalue weighted by Gasteiger charge is 2.66. The molecule has 7 atom stereocenters. The number of aliphatic hydroxyl groups is 5. The Morgan fingerprint density at radius 2 is 1.74 bits per heavy atom.